The fraction of sp³-hybridized carbons (Fsp3) is 0.462. The topological polar surface area (TPSA) is 49.8 Å². The summed E-state index contributed by atoms with van der Waals surface area (Å²) in [6.45, 7) is 2.59. The molecular weight excluding hydrogens is 254 g/mol. The van der Waals surface area contributed by atoms with Gasteiger partial charge in [-0.05, 0) is 17.7 Å². The minimum Gasteiger partial charge on any atom is -0.481 e. The summed E-state index contributed by atoms with van der Waals surface area (Å²) in [4.78, 5) is 13.0. The first-order chi connectivity index (χ1) is 8.65. The first kappa shape index (κ1) is 13.3. The van der Waals surface area contributed by atoms with Crippen LogP contribution in [0.5, 0.6) is 0 Å². The second-order valence-corrected chi connectivity index (χ2v) is 4.86. The van der Waals surface area contributed by atoms with Crippen LogP contribution < -0.4 is 0 Å². The van der Waals surface area contributed by atoms with E-state index in [9.17, 15) is 4.79 Å². The Hall–Kier alpha value is -1.10. The van der Waals surface area contributed by atoms with Crippen LogP contribution in [0.1, 0.15) is 12.0 Å². The van der Waals surface area contributed by atoms with E-state index in [0.29, 0.717) is 24.8 Å². The van der Waals surface area contributed by atoms with Crippen molar-refractivity contribution in [3.8, 4) is 0 Å². The molecule has 1 aromatic carbocycles. The summed E-state index contributed by atoms with van der Waals surface area (Å²) in [6, 6.07) is 7.59. The quantitative estimate of drug-likeness (QED) is 0.909. The third-order valence-electron chi connectivity index (χ3n) is 3.03. The maximum Gasteiger partial charge on any atom is 0.305 e. The van der Waals surface area contributed by atoms with E-state index in [4.69, 9.17) is 21.4 Å². The molecule has 1 N–H and O–H groups in total. The summed E-state index contributed by atoms with van der Waals surface area (Å²) < 4.78 is 5.34. The van der Waals surface area contributed by atoms with Gasteiger partial charge in [-0.15, -0.1) is 0 Å². The number of ether oxygens (including phenoxy) is 1. The summed E-state index contributed by atoms with van der Waals surface area (Å²) in [7, 11) is 0. The number of carboxylic acids is 1. The molecule has 0 saturated carbocycles. The number of hydrogen-bond acceptors (Lipinski definition) is 3. The van der Waals surface area contributed by atoms with Crippen molar-refractivity contribution < 1.29 is 14.6 Å². The molecular formula is C13H16ClNO3. The standard InChI is InChI=1S/C13H16ClNO3/c14-11-3-1-2-10(6-11)8-15-4-5-18-9-12(15)7-13(16)17/h1-3,6,12H,4-5,7-9H2,(H,16,17). The summed E-state index contributed by atoms with van der Waals surface area (Å²) >= 11 is 5.95. The molecule has 1 aliphatic rings. The highest BCUT2D eigenvalue weighted by atomic mass is 35.5. The molecule has 18 heavy (non-hydrogen) atoms. The number of morpholine rings is 1. The molecule has 5 heteroatoms. The smallest absolute Gasteiger partial charge is 0.305 e. The van der Waals surface area contributed by atoms with Crippen LogP contribution in [0.25, 0.3) is 0 Å². The van der Waals surface area contributed by atoms with Gasteiger partial charge in [-0.1, -0.05) is 23.7 Å². The average Bonchev–Trinajstić information content (AvgIpc) is 2.31. The van der Waals surface area contributed by atoms with E-state index in [2.05, 4.69) is 4.90 Å². The first-order valence-corrected chi connectivity index (χ1v) is 6.31. The Kier molecular flexibility index (Phi) is 4.58. The molecule has 1 aromatic rings. The Labute approximate surface area is 111 Å². The molecule has 1 atom stereocenters. The van der Waals surface area contributed by atoms with Crippen molar-refractivity contribution >= 4 is 17.6 Å². The first-order valence-electron chi connectivity index (χ1n) is 5.93. The molecule has 0 amide bonds. The van der Waals surface area contributed by atoms with Crippen molar-refractivity contribution in [2.24, 2.45) is 0 Å². The van der Waals surface area contributed by atoms with Gasteiger partial charge >= 0.3 is 5.97 Å². The molecule has 1 unspecified atom stereocenters. The van der Waals surface area contributed by atoms with Crippen LogP contribution in [0.15, 0.2) is 24.3 Å². The predicted molar refractivity (Wildman–Crippen MR) is 68.7 cm³/mol. The molecule has 4 nitrogen and oxygen atoms in total. The fourth-order valence-electron chi connectivity index (χ4n) is 2.16. The van der Waals surface area contributed by atoms with Gasteiger partial charge in [0.1, 0.15) is 0 Å². The molecule has 2 rings (SSSR count). The van der Waals surface area contributed by atoms with Crippen LogP contribution in [0, 0.1) is 0 Å². The molecule has 1 saturated heterocycles. The van der Waals surface area contributed by atoms with Crippen LogP contribution in [0.2, 0.25) is 5.02 Å². The zero-order chi connectivity index (χ0) is 13.0. The summed E-state index contributed by atoms with van der Waals surface area (Å²) in [5.41, 5.74) is 1.10. The Bertz CT molecular complexity index is 424. The van der Waals surface area contributed by atoms with Crippen LogP contribution in [-0.4, -0.2) is 41.8 Å². The van der Waals surface area contributed by atoms with Crippen molar-refractivity contribution in [1.82, 2.24) is 4.90 Å². The highest BCUT2D eigenvalue weighted by Crippen LogP contribution is 2.17. The lowest BCUT2D eigenvalue weighted by Crippen LogP contribution is -2.45. The molecule has 1 aliphatic heterocycles. The van der Waals surface area contributed by atoms with E-state index >= 15 is 0 Å². The van der Waals surface area contributed by atoms with Crippen LogP contribution >= 0.6 is 11.6 Å². The maximum absolute atomic E-state index is 10.8. The largest absolute Gasteiger partial charge is 0.481 e. The Balaban J connectivity index is 2.03. The second kappa shape index (κ2) is 6.18. The normalized spacial score (nSPS) is 20.8. The average molecular weight is 270 g/mol. The number of benzene rings is 1. The number of carboxylic acid groups (broad SMARTS) is 1. The molecule has 1 heterocycles. The number of halogens is 1. The SMILES string of the molecule is O=C(O)CC1COCCN1Cc1cccc(Cl)c1. The Morgan fingerprint density at radius 1 is 1.56 bits per heavy atom. The van der Waals surface area contributed by atoms with E-state index in [1.54, 1.807) is 0 Å². The number of hydrogen-bond donors (Lipinski definition) is 1. The maximum atomic E-state index is 10.8. The molecule has 0 aliphatic carbocycles. The highest BCUT2D eigenvalue weighted by molar-refractivity contribution is 6.30. The van der Waals surface area contributed by atoms with E-state index in [1.807, 2.05) is 24.3 Å². The molecule has 98 valence electrons. The van der Waals surface area contributed by atoms with Gasteiger partial charge in [-0.2, -0.15) is 0 Å². The minimum atomic E-state index is -0.790. The van der Waals surface area contributed by atoms with E-state index in [0.717, 1.165) is 12.1 Å². The van der Waals surface area contributed by atoms with Crippen LogP contribution in [-0.2, 0) is 16.1 Å². The zero-order valence-electron chi connectivity index (χ0n) is 10.0. The van der Waals surface area contributed by atoms with Gasteiger partial charge in [0.25, 0.3) is 0 Å². The fourth-order valence-corrected chi connectivity index (χ4v) is 2.37. The molecule has 1 fully saturated rings. The van der Waals surface area contributed by atoms with Gasteiger partial charge in [0.05, 0.1) is 19.6 Å². The van der Waals surface area contributed by atoms with Crippen molar-refractivity contribution in [2.75, 3.05) is 19.8 Å². The minimum absolute atomic E-state index is 0.0600. The van der Waals surface area contributed by atoms with E-state index < -0.39 is 5.97 Å². The van der Waals surface area contributed by atoms with E-state index in [1.165, 1.54) is 0 Å². The summed E-state index contributed by atoms with van der Waals surface area (Å²) in [5, 5.41) is 9.59. The van der Waals surface area contributed by atoms with Gasteiger partial charge in [-0.25, -0.2) is 0 Å². The number of rotatable bonds is 4. The molecule has 0 bridgehead atoms. The summed E-state index contributed by atoms with van der Waals surface area (Å²) in [6.07, 6.45) is 0.112. The number of aliphatic carboxylic acids is 1. The van der Waals surface area contributed by atoms with Crippen molar-refractivity contribution in [3.05, 3.63) is 34.9 Å². The highest BCUT2D eigenvalue weighted by Gasteiger charge is 2.25. The van der Waals surface area contributed by atoms with Gasteiger partial charge in [0.2, 0.25) is 0 Å². The van der Waals surface area contributed by atoms with E-state index in [-0.39, 0.29) is 12.5 Å². The zero-order valence-corrected chi connectivity index (χ0v) is 10.8. The second-order valence-electron chi connectivity index (χ2n) is 4.43. The molecule has 0 spiro atoms. The lowest BCUT2D eigenvalue weighted by atomic mass is 10.1. The van der Waals surface area contributed by atoms with Gasteiger partial charge in [0, 0.05) is 24.2 Å². The van der Waals surface area contributed by atoms with Gasteiger partial charge < -0.3 is 9.84 Å². The van der Waals surface area contributed by atoms with Gasteiger partial charge in [0.15, 0.2) is 0 Å². The van der Waals surface area contributed by atoms with Crippen molar-refractivity contribution in [2.45, 2.75) is 19.0 Å². The predicted octanol–water partition coefficient (Wildman–Crippen LogP) is 2.02. The number of nitrogens with zero attached hydrogens (tertiary/aromatic N) is 1. The van der Waals surface area contributed by atoms with Crippen LogP contribution in [0.3, 0.4) is 0 Å². The lowest BCUT2D eigenvalue weighted by molar-refractivity contribution is -0.140. The summed E-state index contributed by atoms with van der Waals surface area (Å²) in [5.74, 6) is -0.790. The Morgan fingerprint density at radius 2 is 2.39 bits per heavy atom. The number of carbonyl (C=O) groups is 1. The van der Waals surface area contributed by atoms with Crippen molar-refractivity contribution in [3.63, 3.8) is 0 Å². The monoisotopic (exact) mass is 269 g/mol. The Morgan fingerprint density at radius 3 is 3.11 bits per heavy atom. The van der Waals surface area contributed by atoms with Crippen molar-refractivity contribution in [1.29, 1.82) is 0 Å². The third-order valence-corrected chi connectivity index (χ3v) is 3.27. The van der Waals surface area contributed by atoms with Gasteiger partial charge in [-0.3, -0.25) is 9.69 Å². The molecule has 0 radical (unpaired) electrons. The molecule has 0 aromatic heterocycles. The lowest BCUT2D eigenvalue weighted by Gasteiger charge is -2.34. The van der Waals surface area contributed by atoms with Crippen LogP contribution in [0.4, 0.5) is 0 Å². The third kappa shape index (κ3) is 3.70.